The van der Waals surface area contributed by atoms with Crippen LogP contribution < -0.4 is 10.6 Å². The van der Waals surface area contributed by atoms with Crippen molar-refractivity contribution in [3.8, 4) is 0 Å². The number of carbonyl (C=O) groups is 2. The average molecular weight is 317 g/mol. The molecule has 0 aliphatic carbocycles. The second-order valence-electron chi connectivity index (χ2n) is 6.52. The van der Waals surface area contributed by atoms with E-state index in [9.17, 15) is 9.59 Å². The average Bonchev–Trinajstić information content (AvgIpc) is 2.54. The maximum Gasteiger partial charge on any atom is 0.241 e. The molecule has 2 rings (SSSR count). The van der Waals surface area contributed by atoms with Gasteiger partial charge in [-0.1, -0.05) is 13.8 Å². The highest BCUT2D eigenvalue weighted by molar-refractivity contribution is 5.91. The van der Waals surface area contributed by atoms with Gasteiger partial charge in [0.05, 0.1) is 6.54 Å². The lowest BCUT2D eigenvalue weighted by atomic mass is 10.1. The quantitative estimate of drug-likeness (QED) is 0.847. The van der Waals surface area contributed by atoms with Gasteiger partial charge in [0.15, 0.2) is 0 Å². The van der Waals surface area contributed by atoms with E-state index in [1.54, 1.807) is 0 Å². The SMILES string of the molecule is CC(C)CC(=O)Nc1ccc(NCC(=O)N2CCCCC2)cc1. The lowest BCUT2D eigenvalue weighted by Gasteiger charge is -2.26. The van der Waals surface area contributed by atoms with Gasteiger partial charge in [0, 0.05) is 30.9 Å². The molecule has 0 spiro atoms. The van der Waals surface area contributed by atoms with Gasteiger partial charge in [-0.3, -0.25) is 9.59 Å². The minimum atomic E-state index is 0.0287. The number of nitrogens with one attached hydrogen (secondary N) is 2. The molecule has 2 amide bonds. The monoisotopic (exact) mass is 317 g/mol. The fraction of sp³-hybridized carbons (Fsp3) is 0.556. The molecule has 5 nitrogen and oxygen atoms in total. The third-order valence-corrected chi connectivity index (χ3v) is 3.91. The highest BCUT2D eigenvalue weighted by atomic mass is 16.2. The molecule has 0 aromatic heterocycles. The van der Waals surface area contributed by atoms with Crippen LogP contribution in [0.5, 0.6) is 0 Å². The number of carbonyl (C=O) groups excluding carboxylic acids is 2. The Labute approximate surface area is 138 Å². The zero-order valence-corrected chi connectivity index (χ0v) is 14.1. The molecule has 0 bridgehead atoms. The Hall–Kier alpha value is -2.04. The predicted octanol–water partition coefficient (Wildman–Crippen LogP) is 3.10. The van der Waals surface area contributed by atoms with E-state index >= 15 is 0 Å². The van der Waals surface area contributed by atoms with Gasteiger partial charge >= 0.3 is 0 Å². The van der Waals surface area contributed by atoms with Crippen LogP contribution in [0, 0.1) is 5.92 Å². The molecule has 1 aromatic rings. The lowest BCUT2D eigenvalue weighted by molar-refractivity contribution is -0.130. The highest BCUT2D eigenvalue weighted by Crippen LogP contribution is 2.15. The third-order valence-electron chi connectivity index (χ3n) is 3.91. The second-order valence-corrected chi connectivity index (χ2v) is 6.52. The minimum Gasteiger partial charge on any atom is -0.376 e. The summed E-state index contributed by atoms with van der Waals surface area (Å²) in [6.07, 6.45) is 3.96. The Bertz CT molecular complexity index is 520. The first-order valence-corrected chi connectivity index (χ1v) is 8.46. The minimum absolute atomic E-state index is 0.0287. The zero-order chi connectivity index (χ0) is 16.7. The van der Waals surface area contributed by atoms with Gasteiger partial charge < -0.3 is 15.5 Å². The number of hydrogen-bond donors (Lipinski definition) is 2. The van der Waals surface area contributed by atoms with Crippen LogP contribution in [0.2, 0.25) is 0 Å². The van der Waals surface area contributed by atoms with E-state index in [0.29, 0.717) is 18.9 Å². The van der Waals surface area contributed by atoms with Crippen LogP contribution in [0.1, 0.15) is 39.5 Å². The van der Waals surface area contributed by atoms with Crippen molar-refractivity contribution in [1.29, 1.82) is 0 Å². The number of nitrogens with zero attached hydrogens (tertiary/aromatic N) is 1. The Kier molecular flexibility index (Phi) is 6.44. The van der Waals surface area contributed by atoms with Crippen molar-refractivity contribution >= 4 is 23.2 Å². The maximum atomic E-state index is 12.1. The van der Waals surface area contributed by atoms with Gasteiger partial charge in [-0.2, -0.15) is 0 Å². The smallest absolute Gasteiger partial charge is 0.241 e. The number of anilines is 2. The van der Waals surface area contributed by atoms with Crippen molar-refractivity contribution in [2.75, 3.05) is 30.3 Å². The van der Waals surface area contributed by atoms with Crippen molar-refractivity contribution in [3.05, 3.63) is 24.3 Å². The molecular weight excluding hydrogens is 290 g/mol. The number of amides is 2. The van der Waals surface area contributed by atoms with Crippen LogP contribution in [-0.2, 0) is 9.59 Å². The summed E-state index contributed by atoms with van der Waals surface area (Å²) < 4.78 is 0. The first kappa shape index (κ1) is 17.3. The first-order valence-electron chi connectivity index (χ1n) is 8.46. The lowest BCUT2D eigenvalue weighted by Crippen LogP contribution is -2.39. The van der Waals surface area contributed by atoms with Gasteiger partial charge in [0.2, 0.25) is 11.8 Å². The fourth-order valence-corrected chi connectivity index (χ4v) is 2.69. The summed E-state index contributed by atoms with van der Waals surface area (Å²) in [5.41, 5.74) is 1.67. The zero-order valence-electron chi connectivity index (χ0n) is 14.1. The summed E-state index contributed by atoms with van der Waals surface area (Å²) in [4.78, 5) is 25.7. The van der Waals surface area contributed by atoms with Crippen molar-refractivity contribution in [2.24, 2.45) is 5.92 Å². The standard InChI is InChI=1S/C18H27N3O2/c1-14(2)12-17(22)20-16-8-6-15(7-9-16)19-13-18(23)21-10-4-3-5-11-21/h6-9,14,19H,3-5,10-13H2,1-2H3,(H,20,22). The van der Waals surface area contributed by atoms with Crippen molar-refractivity contribution < 1.29 is 9.59 Å². The first-order chi connectivity index (χ1) is 11.0. The molecular formula is C18H27N3O2. The fourth-order valence-electron chi connectivity index (χ4n) is 2.69. The van der Waals surface area contributed by atoms with Crippen LogP contribution in [0.15, 0.2) is 24.3 Å². The van der Waals surface area contributed by atoms with E-state index in [4.69, 9.17) is 0 Å². The molecule has 0 unspecified atom stereocenters. The predicted molar refractivity (Wildman–Crippen MR) is 93.4 cm³/mol. The van der Waals surface area contributed by atoms with E-state index in [-0.39, 0.29) is 11.8 Å². The van der Waals surface area contributed by atoms with Crippen LogP contribution in [0.25, 0.3) is 0 Å². The molecule has 0 radical (unpaired) electrons. The molecule has 2 N–H and O–H groups in total. The molecule has 126 valence electrons. The molecule has 1 fully saturated rings. The summed E-state index contributed by atoms with van der Waals surface area (Å²) in [7, 11) is 0. The number of rotatable bonds is 6. The van der Waals surface area contributed by atoms with E-state index in [1.165, 1.54) is 6.42 Å². The summed E-state index contributed by atoms with van der Waals surface area (Å²) in [5, 5.41) is 6.03. The molecule has 0 atom stereocenters. The largest absolute Gasteiger partial charge is 0.376 e. The van der Waals surface area contributed by atoms with Gasteiger partial charge in [-0.05, 0) is 49.4 Å². The molecule has 1 aliphatic heterocycles. The topological polar surface area (TPSA) is 61.4 Å². The van der Waals surface area contributed by atoms with E-state index in [2.05, 4.69) is 10.6 Å². The van der Waals surface area contributed by atoms with E-state index in [1.807, 2.05) is 43.0 Å². The number of likely N-dealkylation sites (tertiary alicyclic amines) is 1. The number of hydrogen-bond acceptors (Lipinski definition) is 3. The van der Waals surface area contributed by atoms with Crippen LogP contribution in [0.3, 0.4) is 0 Å². The van der Waals surface area contributed by atoms with Gasteiger partial charge in [-0.15, -0.1) is 0 Å². The molecule has 0 saturated carbocycles. The van der Waals surface area contributed by atoms with Crippen LogP contribution >= 0.6 is 0 Å². The Balaban J connectivity index is 1.78. The normalized spacial score (nSPS) is 14.7. The van der Waals surface area contributed by atoms with Crippen molar-refractivity contribution in [2.45, 2.75) is 39.5 Å². The maximum absolute atomic E-state index is 12.1. The Morgan fingerprint density at radius 1 is 1.04 bits per heavy atom. The van der Waals surface area contributed by atoms with Gasteiger partial charge in [0.1, 0.15) is 0 Å². The highest BCUT2D eigenvalue weighted by Gasteiger charge is 2.15. The summed E-state index contributed by atoms with van der Waals surface area (Å²) >= 11 is 0. The molecule has 1 aliphatic rings. The molecule has 5 heteroatoms. The Morgan fingerprint density at radius 2 is 1.65 bits per heavy atom. The number of benzene rings is 1. The van der Waals surface area contributed by atoms with Crippen molar-refractivity contribution in [3.63, 3.8) is 0 Å². The summed E-state index contributed by atoms with van der Waals surface area (Å²) in [6, 6.07) is 7.47. The summed E-state index contributed by atoms with van der Waals surface area (Å²) in [5.74, 6) is 0.525. The Morgan fingerprint density at radius 3 is 2.26 bits per heavy atom. The van der Waals surface area contributed by atoms with Gasteiger partial charge in [-0.25, -0.2) is 0 Å². The molecule has 1 heterocycles. The van der Waals surface area contributed by atoms with E-state index < -0.39 is 0 Å². The third kappa shape index (κ3) is 5.93. The van der Waals surface area contributed by atoms with Crippen molar-refractivity contribution in [1.82, 2.24) is 4.90 Å². The van der Waals surface area contributed by atoms with E-state index in [0.717, 1.165) is 37.3 Å². The molecule has 1 aromatic carbocycles. The number of piperidine rings is 1. The molecule has 1 saturated heterocycles. The van der Waals surface area contributed by atoms with Crippen LogP contribution in [0.4, 0.5) is 11.4 Å². The van der Waals surface area contributed by atoms with Gasteiger partial charge in [0.25, 0.3) is 0 Å². The second kappa shape index (κ2) is 8.56. The van der Waals surface area contributed by atoms with Crippen LogP contribution in [-0.4, -0.2) is 36.3 Å². The summed E-state index contributed by atoms with van der Waals surface area (Å²) in [6.45, 7) is 6.11. The molecule has 23 heavy (non-hydrogen) atoms.